The number of carbonyl (C=O) groups is 1. The molecular weight excluding hydrogens is 644 g/mol. The van der Waals surface area contributed by atoms with Gasteiger partial charge in [-0.2, -0.15) is 18.2 Å². The molecule has 0 amide bonds. The van der Waals surface area contributed by atoms with Crippen LogP contribution in [0.15, 0.2) is 36.5 Å². The number of methoxy groups -OCH3 is 2. The molecule has 1 saturated heterocycles. The van der Waals surface area contributed by atoms with Gasteiger partial charge in [0.15, 0.2) is 5.78 Å². The number of sulfonamides is 1. The van der Waals surface area contributed by atoms with Crippen molar-refractivity contribution in [2.75, 3.05) is 62.6 Å². The van der Waals surface area contributed by atoms with Crippen LogP contribution in [0.25, 0.3) is 0 Å². The minimum absolute atomic E-state index is 0.00966. The molecule has 2 unspecified atom stereocenters. The third kappa shape index (κ3) is 5.50. The number of ketones is 1. The Hall–Kier alpha value is -4.18. The average Bonchev–Trinajstić information content (AvgIpc) is 3.84. The maximum absolute atomic E-state index is 15.5. The van der Waals surface area contributed by atoms with Crippen molar-refractivity contribution >= 4 is 38.9 Å². The van der Waals surface area contributed by atoms with E-state index >= 15 is 4.39 Å². The third-order valence-electron chi connectivity index (χ3n) is 9.78. The van der Waals surface area contributed by atoms with E-state index in [1.165, 1.54) is 39.5 Å². The number of hydrogen-bond acceptors (Lipinski definition) is 10. The summed E-state index contributed by atoms with van der Waals surface area (Å²) in [6.45, 7) is 1.44. The molecule has 11 nitrogen and oxygen atoms in total. The highest BCUT2D eigenvalue weighted by molar-refractivity contribution is 7.92. The number of ether oxygens (including phenoxy) is 2. The fraction of sp³-hybridized carbons (Fsp3) is 0.452. The van der Waals surface area contributed by atoms with Crippen molar-refractivity contribution in [3.8, 4) is 11.5 Å². The molecule has 1 aliphatic heterocycles. The van der Waals surface area contributed by atoms with E-state index < -0.39 is 38.8 Å². The number of nitrogens with zero attached hydrogens (tertiary/aromatic N) is 4. The van der Waals surface area contributed by atoms with Gasteiger partial charge < -0.3 is 25.0 Å². The second-order valence-electron chi connectivity index (χ2n) is 12.4. The number of benzene rings is 2. The van der Waals surface area contributed by atoms with Crippen molar-refractivity contribution in [3.05, 3.63) is 59.0 Å². The summed E-state index contributed by atoms with van der Waals surface area (Å²) in [5.74, 6) is -1.28. The molecule has 3 aliphatic rings. The lowest BCUT2D eigenvalue weighted by molar-refractivity contribution is -0.137. The van der Waals surface area contributed by atoms with E-state index in [-0.39, 0.29) is 52.3 Å². The number of Topliss-reactive ketones (excluding diaryl/α,β-unsaturated/α-hetero) is 1. The molecule has 2 N–H and O–H groups in total. The summed E-state index contributed by atoms with van der Waals surface area (Å²) in [5, 5.41) is 5.35. The number of likely N-dealkylation sites (tertiary alicyclic amines) is 1. The van der Waals surface area contributed by atoms with Crippen LogP contribution in [0.4, 0.5) is 40.7 Å². The van der Waals surface area contributed by atoms with Crippen LogP contribution in [0.5, 0.6) is 11.5 Å². The molecule has 2 saturated carbocycles. The largest absolute Gasteiger partial charge is 0.497 e. The summed E-state index contributed by atoms with van der Waals surface area (Å²) in [6, 6.07) is 6.87. The van der Waals surface area contributed by atoms with Crippen molar-refractivity contribution in [1.82, 2.24) is 14.9 Å². The van der Waals surface area contributed by atoms with Gasteiger partial charge in [-0.25, -0.2) is 17.8 Å². The van der Waals surface area contributed by atoms with Crippen LogP contribution in [0, 0.1) is 22.6 Å². The van der Waals surface area contributed by atoms with Crippen molar-refractivity contribution in [2.24, 2.45) is 16.7 Å². The summed E-state index contributed by atoms with van der Waals surface area (Å²) in [5.41, 5.74) is -1.38. The van der Waals surface area contributed by atoms with E-state index in [0.717, 1.165) is 42.6 Å². The van der Waals surface area contributed by atoms with Crippen LogP contribution in [0.3, 0.4) is 0 Å². The number of rotatable bonds is 11. The van der Waals surface area contributed by atoms with Gasteiger partial charge >= 0.3 is 6.18 Å². The molecule has 2 aliphatic carbocycles. The minimum atomic E-state index is -4.84. The molecule has 0 bridgehead atoms. The molecule has 0 radical (unpaired) electrons. The van der Waals surface area contributed by atoms with Gasteiger partial charge in [-0.15, -0.1) is 0 Å². The van der Waals surface area contributed by atoms with Gasteiger partial charge in [0, 0.05) is 49.3 Å². The smallest absolute Gasteiger partial charge is 0.421 e. The Balaban J connectivity index is 1.27. The normalized spacial score (nSPS) is 23.3. The summed E-state index contributed by atoms with van der Waals surface area (Å²) >= 11 is 0. The summed E-state index contributed by atoms with van der Waals surface area (Å²) in [6.07, 6.45) is -1.64. The molecule has 3 fully saturated rings. The molecule has 1 aromatic heterocycles. The number of carbonyl (C=O) groups excluding carboxylic acids is 1. The number of alkyl halides is 3. The highest BCUT2D eigenvalue weighted by atomic mass is 32.2. The topological polar surface area (TPSA) is 126 Å². The number of hydrogen-bond donors (Lipinski definition) is 2. The molecule has 2 heterocycles. The monoisotopic (exact) mass is 678 g/mol. The maximum atomic E-state index is 15.5. The van der Waals surface area contributed by atoms with Crippen LogP contribution in [0.1, 0.15) is 34.3 Å². The Kier molecular flexibility index (Phi) is 7.82. The highest BCUT2D eigenvalue weighted by Crippen LogP contribution is 2.90. The Labute approximate surface area is 269 Å². The van der Waals surface area contributed by atoms with Crippen molar-refractivity contribution < 1.29 is 40.2 Å². The van der Waals surface area contributed by atoms with Gasteiger partial charge in [-0.05, 0) is 50.0 Å². The second-order valence-corrected chi connectivity index (χ2v) is 14.4. The minimum Gasteiger partial charge on any atom is -0.497 e. The standard InChI is InChI=1S/C31H34F4N6O5S/c1-40-9-8-29(16-40)25-13-30(25,29)26(42)19-11-24(46-4)22(12-21(19)32)38-28-37-15-20(31(33,34)35)27(39-28)36-14-17-6-7-18(45-3)10-23(17)41(2)47(5,43)44/h6-7,10-12,15,25H,8-9,13-14,16H2,1-5H3,(H2,36,37,38,39)/t25?,29?,30-/m1/s1. The molecule has 6 rings (SSSR count). The van der Waals surface area contributed by atoms with Gasteiger partial charge in [0.2, 0.25) is 16.0 Å². The van der Waals surface area contributed by atoms with Gasteiger partial charge in [0.1, 0.15) is 28.7 Å². The molecule has 47 heavy (non-hydrogen) atoms. The van der Waals surface area contributed by atoms with Crippen LogP contribution < -0.4 is 24.4 Å². The fourth-order valence-electron chi connectivity index (χ4n) is 7.06. The zero-order chi connectivity index (χ0) is 34.1. The molecular formula is C31H34F4N6O5S. The molecule has 252 valence electrons. The van der Waals surface area contributed by atoms with E-state index in [2.05, 4.69) is 25.5 Å². The average molecular weight is 679 g/mol. The van der Waals surface area contributed by atoms with E-state index in [9.17, 15) is 26.4 Å². The van der Waals surface area contributed by atoms with Crippen LogP contribution >= 0.6 is 0 Å². The van der Waals surface area contributed by atoms with Crippen LogP contribution in [-0.2, 0) is 22.7 Å². The maximum Gasteiger partial charge on any atom is 0.421 e. The van der Waals surface area contributed by atoms with Crippen molar-refractivity contribution in [2.45, 2.75) is 25.6 Å². The first-order chi connectivity index (χ1) is 22.1. The first-order valence-corrected chi connectivity index (χ1v) is 16.6. The van der Waals surface area contributed by atoms with E-state index in [0.29, 0.717) is 17.5 Å². The molecule has 16 heteroatoms. The Morgan fingerprint density at radius 3 is 2.53 bits per heavy atom. The second kappa shape index (κ2) is 11.2. The van der Waals surface area contributed by atoms with Crippen molar-refractivity contribution in [3.63, 3.8) is 0 Å². The number of anilines is 4. The quantitative estimate of drug-likeness (QED) is 0.213. The number of aromatic nitrogens is 2. The molecule has 1 spiro atoms. The lowest BCUT2D eigenvalue weighted by Gasteiger charge is -2.22. The Morgan fingerprint density at radius 1 is 1.19 bits per heavy atom. The zero-order valence-corrected chi connectivity index (χ0v) is 27.1. The molecule has 3 atom stereocenters. The van der Waals surface area contributed by atoms with Gasteiger partial charge in [0.05, 0.1) is 37.4 Å². The van der Waals surface area contributed by atoms with Gasteiger partial charge in [-0.3, -0.25) is 9.10 Å². The van der Waals surface area contributed by atoms with Crippen molar-refractivity contribution in [1.29, 1.82) is 0 Å². The number of halogens is 4. The zero-order valence-electron chi connectivity index (χ0n) is 26.3. The lowest BCUT2D eigenvalue weighted by Crippen LogP contribution is -2.27. The highest BCUT2D eigenvalue weighted by Gasteiger charge is 2.91. The Morgan fingerprint density at radius 2 is 1.94 bits per heavy atom. The summed E-state index contributed by atoms with van der Waals surface area (Å²) in [7, 11) is 2.32. The van der Waals surface area contributed by atoms with Crippen LogP contribution in [0.2, 0.25) is 0 Å². The Bertz CT molecular complexity index is 1880. The predicted octanol–water partition coefficient (Wildman–Crippen LogP) is 4.93. The SMILES string of the molecule is COc1ccc(CNc2nc(Nc3cc(F)c(C(=O)[C@@]45CC4C54CCN(C)C4)cc3OC)ncc2C(F)(F)F)c(N(C)S(C)(=O)=O)c1. The predicted molar refractivity (Wildman–Crippen MR) is 166 cm³/mol. The number of fused-ring (bicyclic) bond motifs is 3. The van der Waals surface area contributed by atoms with E-state index in [1.807, 2.05) is 7.05 Å². The summed E-state index contributed by atoms with van der Waals surface area (Å²) in [4.78, 5) is 23.6. The first kappa shape index (κ1) is 32.7. The lowest BCUT2D eigenvalue weighted by atomic mass is 9.82. The molecule has 2 aromatic carbocycles. The summed E-state index contributed by atoms with van der Waals surface area (Å²) < 4.78 is 93.5. The number of nitrogens with one attached hydrogen (secondary N) is 2. The fourth-order valence-corrected chi connectivity index (χ4v) is 7.59. The van der Waals surface area contributed by atoms with Gasteiger partial charge in [0.25, 0.3) is 0 Å². The van der Waals surface area contributed by atoms with E-state index in [4.69, 9.17) is 9.47 Å². The first-order valence-electron chi connectivity index (χ1n) is 14.7. The third-order valence-corrected chi connectivity index (χ3v) is 11.0. The van der Waals surface area contributed by atoms with E-state index in [1.54, 1.807) is 6.07 Å². The molecule has 3 aromatic rings. The van der Waals surface area contributed by atoms with Gasteiger partial charge in [-0.1, -0.05) is 6.07 Å². The van der Waals surface area contributed by atoms with Crippen LogP contribution in [-0.4, -0.2) is 76.7 Å².